The van der Waals surface area contributed by atoms with Crippen molar-refractivity contribution in [2.24, 2.45) is 11.7 Å². The van der Waals surface area contributed by atoms with Crippen LogP contribution in [0.2, 0.25) is 0 Å². The lowest BCUT2D eigenvalue weighted by atomic mass is 9.92. The molecule has 4 N–H and O–H groups in total. The van der Waals surface area contributed by atoms with Gasteiger partial charge in [0.25, 0.3) is 0 Å². The van der Waals surface area contributed by atoms with Crippen molar-refractivity contribution < 1.29 is 15.0 Å². The molecule has 0 fully saturated rings. The van der Waals surface area contributed by atoms with Gasteiger partial charge in [0, 0.05) is 0 Å². The molecule has 0 aromatic rings. The number of nitrogens with two attached hydrogens (primary N) is 1. The zero-order chi connectivity index (χ0) is 11.4. The predicted molar refractivity (Wildman–Crippen MR) is 54.8 cm³/mol. The molecule has 0 aromatic carbocycles. The number of carbonyl (C=O) groups is 1. The zero-order valence-electron chi connectivity index (χ0n) is 9.16. The summed E-state index contributed by atoms with van der Waals surface area (Å²) in [6, 6.07) is -0.681. The maximum atomic E-state index is 11.5. The van der Waals surface area contributed by atoms with Gasteiger partial charge in [0.05, 0.1) is 12.6 Å². The molecular weight excluding hydrogens is 182 g/mol. The van der Waals surface area contributed by atoms with Gasteiger partial charge >= 0.3 is 0 Å². The molecule has 0 aliphatic rings. The summed E-state index contributed by atoms with van der Waals surface area (Å²) in [7, 11) is 0. The van der Waals surface area contributed by atoms with Gasteiger partial charge in [-0.05, 0) is 25.7 Å². The predicted octanol–water partition coefficient (Wildman–Crippen LogP) is 0.0623. The van der Waals surface area contributed by atoms with E-state index in [2.05, 4.69) is 0 Å². The first-order chi connectivity index (χ1) is 6.31. The normalized spacial score (nSPS) is 17.9. The van der Waals surface area contributed by atoms with Gasteiger partial charge in [-0.15, -0.1) is 0 Å². The molecule has 0 spiro atoms. The van der Waals surface area contributed by atoms with Gasteiger partial charge in [-0.2, -0.15) is 0 Å². The maximum absolute atomic E-state index is 11.5. The third-order valence-corrected chi connectivity index (χ3v) is 2.23. The van der Waals surface area contributed by atoms with Crippen LogP contribution in [-0.4, -0.2) is 34.2 Å². The van der Waals surface area contributed by atoms with Crippen LogP contribution in [0.1, 0.15) is 33.6 Å². The lowest BCUT2D eigenvalue weighted by molar-refractivity contribution is -0.140. The minimum absolute atomic E-state index is 0.480. The molecule has 0 aliphatic heterocycles. The van der Waals surface area contributed by atoms with Crippen molar-refractivity contribution in [1.29, 1.82) is 0 Å². The fourth-order valence-electron chi connectivity index (χ4n) is 1.12. The third-order valence-electron chi connectivity index (χ3n) is 2.23. The first-order valence-corrected chi connectivity index (χ1v) is 4.94. The molecule has 2 atom stereocenters. The van der Waals surface area contributed by atoms with Crippen LogP contribution < -0.4 is 5.73 Å². The summed E-state index contributed by atoms with van der Waals surface area (Å²) in [6.45, 7) is 4.79. The number of aliphatic hydroxyl groups excluding tert-OH is 1. The quantitative estimate of drug-likeness (QED) is 0.570. The first kappa shape index (κ1) is 13.5. The summed E-state index contributed by atoms with van der Waals surface area (Å²) >= 11 is 0. The lowest BCUT2D eigenvalue weighted by Gasteiger charge is -2.23. The molecule has 0 amide bonds. The van der Waals surface area contributed by atoms with Gasteiger partial charge < -0.3 is 15.9 Å². The Balaban J connectivity index is 4.12. The summed E-state index contributed by atoms with van der Waals surface area (Å²) in [5, 5.41) is 18.2. The van der Waals surface area contributed by atoms with Crippen molar-refractivity contribution in [2.45, 2.75) is 45.3 Å². The Kier molecular flexibility index (Phi) is 5.26. The molecular formula is C10H21NO3. The molecule has 0 bridgehead atoms. The Morgan fingerprint density at radius 1 is 1.43 bits per heavy atom. The van der Waals surface area contributed by atoms with Crippen LogP contribution in [0.3, 0.4) is 0 Å². The highest BCUT2D eigenvalue weighted by molar-refractivity contribution is 5.91. The molecule has 0 saturated heterocycles. The summed E-state index contributed by atoms with van der Waals surface area (Å²) in [6.07, 6.45) is 1.39. The number of hydrogen-bond acceptors (Lipinski definition) is 4. The van der Waals surface area contributed by atoms with Gasteiger partial charge in [0.2, 0.25) is 0 Å². The Bertz CT molecular complexity index is 190. The van der Waals surface area contributed by atoms with Gasteiger partial charge in [-0.1, -0.05) is 13.8 Å². The van der Waals surface area contributed by atoms with E-state index >= 15 is 0 Å². The monoisotopic (exact) mass is 203 g/mol. The van der Waals surface area contributed by atoms with E-state index in [0.717, 1.165) is 6.42 Å². The largest absolute Gasteiger partial charge is 0.393 e. The van der Waals surface area contributed by atoms with Gasteiger partial charge in [-0.25, -0.2) is 0 Å². The van der Waals surface area contributed by atoms with E-state index in [1.165, 1.54) is 6.92 Å². The molecule has 84 valence electrons. The standard InChI is InChI=1S/C10H21NO3/c1-7(2)4-5-8(11)9(13)10(3,14)6-12/h7-8,12,14H,4-6,11H2,1-3H3. The van der Waals surface area contributed by atoms with Crippen molar-refractivity contribution in [1.82, 2.24) is 0 Å². The van der Waals surface area contributed by atoms with Crippen LogP contribution in [0.25, 0.3) is 0 Å². The van der Waals surface area contributed by atoms with Crippen LogP contribution in [0.5, 0.6) is 0 Å². The van der Waals surface area contributed by atoms with Crippen molar-refractivity contribution in [2.75, 3.05) is 6.61 Å². The Morgan fingerprint density at radius 3 is 2.29 bits per heavy atom. The molecule has 0 heterocycles. The molecule has 0 radical (unpaired) electrons. The molecule has 2 unspecified atom stereocenters. The third kappa shape index (κ3) is 4.17. The van der Waals surface area contributed by atoms with E-state index in [4.69, 9.17) is 10.8 Å². The van der Waals surface area contributed by atoms with Crippen LogP contribution in [0.4, 0.5) is 0 Å². The second kappa shape index (κ2) is 5.44. The minimum Gasteiger partial charge on any atom is -0.393 e. The van der Waals surface area contributed by atoms with Crippen LogP contribution in [0.15, 0.2) is 0 Å². The van der Waals surface area contributed by atoms with E-state index in [0.29, 0.717) is 12.3 Å². The lowest BCUT2D eigenvalue weighted by Crippen LogP contribution is -2.49. The molecule has 0 aromatic heterocycles. The summed E-state index contributed by atoms with van der Waals surface area (Å²) in [4.78, 5) is 11.5. The summed E-state index contributed by atoms with van der Waals surface area (Å²) < 4.78 is 0. The fraction of sp³-hybridized carbons (Fsp3) is 0.900. The smallest absolute Gasteiger partial charge is 0.183 e. The van der Waals surface area contributed by atoms with E-state index < -0.39 is 24.0 Å². The number of Topliss-reactive ketones (excluding diaryl/α,β-unsaturated/α-hetero) is 1. The molecule has 4 heteroatoms. The average molecular weight is 203 g/mol. The van der Waals surface area contributed by atoms with Gasteiger partial charge in [-0.3, -0.25) is 4.79 Å². The topological polar surface area (TPSA) is 83.6 Å². The highest BCUT2D eigenvalue weighted by Gasteiger charge is 2.33. The molecule has 0 saturated carbocycles. The number of ketones is 1. The van der Waals surface area contributed by atoms with E-state index in [1.54, 1.807) is 0 Å². The van der Waals surface area contributed by atoms with E-state index in [9.17, 15) is 9.90 Å². The molecule has 14 heavy (non-hydrogen) atoms. The minimum atomic E-state index is -1.70. The van der Waals surface area contributed by atoms with Crippen molar-refractivity contribution in [3.63, 3.8) is 0 Å². The second-order valence-electron chi connectivity index (χ2n) is 4.37. The number of rotatable bonds is 6. The Morgan fingerprint density at radius 2 is 1.93 bits per heavy atom. The van der Waals surface area contributed by atoms with E-state index in [-0.39, 0.29) is 0 Å². The Hall–Kier alpha value is -0.450. The van der Waals surface area contributed by atoms with Crippen LogP contribution in [-0.2, 0) is 4.79 Å². The van der Waals surface area contributed by atoms with Crippen LogP contribution in [0, 0.1) is 5.92 Å². The zero-order valence-corrected chi connectivity index (χ0v) is 9.16. The van der Waals surface area contributed by atoms with Crippen molar-refractivity contribution in [3.05, 3.63) is 0 Å². The van der Waals surface area contributed by atoms with Crippen LogP contribution >= 0.6 is 0 Å². The highest BCUT2D eigenvalue weighted by Crippen LogP contribution is 2.12. The number of carbonyl (C=O) groups excluding carboxylic acids is 1. The summed E-state index contributed by atoms with van der Waals surface area (Å²) in [5.41, 5.74) is 3.91. The Labute approximate surface area is 85.1 Å². The highest BCUT2D eigenvalue weighted by atomic mass is 16.3. The first-order valence-electron chi connectivity index (χ1n) is 4.94. The number of aliphatic hydroxyl groups is 2. The van der Waals surface area contributed by atoms with Gasteiger partial charge in [0.15, 0.2) is 5.78 Å². The van der Waals surface area contributed by atoms with Gasteiger partial charge in [0.1, 0.15) is 5.60 Å². The maximum Gasteiger partial charge on any atom is 0.183 e. The van der Waals surface area contributed by atoms with E-state index in [1.807, 2.05) is 13.8 Å². The number of hydrogen-bond donors (Lipinski definition) is 3. The molecule has 0 aliphatic carbocycles. The second-order valence-corrected chi connectivity index (χ2v) is 4.37. The molecule has 4 nitrogen and oxygen atoms in total. The summed E-state index contributed by atoms with van der Waals surface area (Å²) in [5.74, 6) is -0.00595. The van der Waals surface area contributed by atoms with Crippen molar-refractivity contribution >= 4 is 5.78 Å². The molecule has 0 rings (SSSR count). The van der Waals surface area contributed by atoms with Crippen molar-refractivity contribution in [3.8, 4) is 0 Å². The average Bonchev–Trinajstić information content (AvgIpc) is 2.12. The fourth-order valence-corrected chi connectivity index (χ4v) is 1.12. The SMILES string of the molecule is CC(C)CCC(N)C(=O)C(C)(O)CO.